The van der Waals surface area contributed by atoms with Crippen molar-refractivity contribution < 1.29 is 4.52 Å². The van der Waals surface area contributed by atoms with Crippen LogP contribution in [0.5, 0.6) is 0 Å². The number of aromatic amines is 1. The van der Waals surface area contributed by atoms with E-state index < -0.39 is 0 Å². The van der Waals surface area contributed by atoms with Crippen LogP contribution in [-0.2, 0) is 6.42 Å². The first kappa shape index (κ1) is 11.1. The Kier molecular flexibility index (Phi) is 3.25. The van der Waals surface area contributed by atoms with Crippen LogP contribution in [0.3, 0.4) is 0 Å². The van der Waals surface area contributed by atoms with E-state index in [0.717, 1.165) is 22.4 Å². The van der Waals surface area contributed by atoms with Crippen molar-refractivity contribution in [2.24, 2.45) is 0 Å². The molecule has 0 amide bonds. The Morgan fingerprint density at radius 1 is 1.25 bits per heavy atom. The maximum atomic E-state index is 5.43. The Balaban J connectivity index is 2.32. The summed E-state index contributed by atoms with van der Waals surface area (Å²) >= 11 is 5.22. The van der Waals surface area contributed by atoms with Crippen LogP contribution < -0.4 is 0 Å². The normalized spacial score (nSPS) is 10.9. The standard InChI is InChI=1S/C13H15NOS/c1-9(2)12-11(15-14-13(12)16)8-10-6-4-3-5-7-10/h3-7,9H,8H2,1-2H3,(H,14,16). The van der Waals surface area contributed by atoms with Gasteiger partial charge in [-0.2, -0.15) is 0 Å². The fourth-order valence-electron chi connectivity index (χ4n) is 1.84. The molecule has 1 heterocycles. The van der Waals surface area contributed by atoms with Gasteiger partial charge in [0.15, 0.2) is 0 Å². The summed E-state index contributed by atoms with van der Waals surface area (Å²) in [5.41, 5.74) is 2.36. The zero-order valence-corrected chi connectivity index (χ0v) is 10.3. The number of benzene rings is 1. The lowest BCUT2D eigenvalue weighted by Crippen LogP contribution is -1.94. The van der Waals surface area contributed by atoms with Gasteiger partial charge in [-0.25, -0.2) is 5.16 Å². The molecule has 0 atom stereocenters. The summed E-state index contributed by atoms with van der Waals surface area (Å²) in [5, 5.41) is 2.78. The summed E-state index contributed by atoms with van der Waals surface area (Å²) in [5.74, 6) is 1.34. The molecule has 0 fully saturated rings. The van der Waals surface area contributed by atoms with Crippen LogP contribution in [0, 0.1) is 4.64 Å². The number of hydrogen-bond donors (Lipinski definition) is 1. The van der Waals surface area contributed by atoms with Crippen molar-refractivity contribution in [3.63, 3.8) is 0 Å². The van der Waals surface area contributed by atoms with Gasteiger partial charge in [0.2, 0.25) is 0 Å². The third-order valence-electron chi connectivity index (χ3n) is 2.60. The van der Waals surface area contributed by atoms with Crippen molar-refractivity contribution in [3.05, 3.63) is 51.9 Å². The van der Waals surface area contributed by atoms with Crippen molar-refractivity contribution >= 4 is 12.2 Å². The molecule has 0 aliphatic heterocycles. The molecule has 0 bridgehead atoms. The second-order valence-electron chi connectivity index (χ2n) is 4.19. The van der Waals surface area contributed by atoms with Gasteiger partial charge in [0.25, 0.3) is 0 Å². The van der Waals surface area contributed by atoms with E-state index in [0.29, 0.717) is 5.92 Å². The van der Waals surface area contributed by atoms with Crippen LogP contribution >= 0.6 is 12.2 Å². The lowest BCUT2D eigenvalue weighted by molar-refractivity contribution is 0.385. The summed E-state index contributed by atoms with van der Waals surface area (Å²) in [4.78, 5) is 0. The monoisotopic (exact) mass is 233 g/mol. The first-order valence-electron chi connectivity index (χ1n) is 5.42. The van der Waals surface area contributed by atoms with E-state index in [4.69, 9.17) is 16.7 Å². The van der Waals surface area contributed by atoms with Crippen molar-refractivity contribution in [2.75, 3.05) is 0 Å². The van der Waals surface area contributed by atoms with Crippen LogP contribution in [-0.4, -0.2) is 5.16 Å². The highest BCUT2D eigenvalue weighted by Gasteiger charge is 2.13. The van der Waals surface area contributed by atoms with Crippen LogP contribution in [0.25, 0.3) is 0 Å². The highest BCUT2D eigenvalue weighted by atomic mass is 32.1. The van der Waals surface area contributed by atoms with E-state index in [2.05, 4.69) is 31.1 Å². The molecular formula is C13H15NOS. The summed E-state index contributed by atoms with van der Waals surface area (Å²) in [6.07, 6.45) is 0.793. The van der Waals surface area contributed by atoms with Crippen LogP contribution in [0.15, 0.2) is 34.9 Å². The third-order valence-corrected chi connectivity index (χ3v) is 2.90. The fraction of sp³-hybridized carbons (Fsp3) is 0.308. The molecule has 0 spiro atoms. The maximum Gasteiger partial charge on any atom is 0.143 e. The van der Waals surface area contributed by atoms with E-state index >= 15 is 0 Å². The molecular weight excluding hydrogens is 218 g/mol. The number of rotatable bonds is 3. The van der Waals surface area contributed by atoms with E-state index in [-0.39, 0.29) is 0 Å². The average molecular weight is 233 g/mol. The quantitative estimate of drug-likeness (QED) is 0.810. The van der Waals surface area contributed by atoms with Gasteiger partial charge in [-0.1, -0.05) is 56.4 Å². The minimum absolute atomic E-state index is 0.390. The first-order chi connectivity index (χ1) is 7.68. The van der Waals surface area contributed by atoms with Crippen LogP contribution in [0.4, 0.5) is 0 Å². The largest absolute Gasteiger partial charge is 0.385 e. The molecule has 2 nitrogen and oxygen atoms in total. The average Bonchev–Trinajstić information content (AvgIpc) is 2.61. The molecule has 1 aromatic carbocycles. The smallest absolute Gasteiger partial charge is 0.143 e. The Bertz CT molecular complexity index is 510. The van der Waals surface area contributed by atoms with E-state index in [1.54, 1.807) is 0 Å². The molecule has 0 saturated carbocycles. The lowest BCUT2D eigenvalue weighted by Gasteiger charge is -2.04. The minimum atomic E-state index is 0.390. The van der Waals surface area contributed by atoms with Gasteiger partial charge >= 0.3 is 0 Å². The summed E-state index contributed by atoms with van der Waals surface area (Å²) in [6, 6.07) is 10.3. The van der Waals surface area contributed by atoms with Gasteiger partial charge < -0.3 is 4.52 Å². The summed E-state index contributed by atoms with van der Waals surface area (Å²) in [6.45, 7) is 4.26. The van der Waals surface area contributed by atoms with E-state index in [1.807, 2.05) is 18.2 Å². The van der Waals surface area contributed by atoms with Gasteiger partial charge in [-0.3, -0.25) is 0 Å². The first-order valence-corrected chi connectivity index (χ1v) is 5.83. The second kappa shape index (κ2) is 4.66. The van der Waals surface area contributed by atoms with Gasteiger partial charge in [0.05, 0.1) is 0 Å². The molecule has 0 saturated heterocycles. The molecule has 3 heteroatoms. The molecule has 1 aromatic heterocycles. The molecule has 0 radical (unpaired) electrons. The predicted molar refractivity (Wildman–Crippen MR) is 67.2 cm³/mol. The van der Waals surface area contributed by atoms with Crippen molar-refractivity contribution in [1.82, 2.24) is 5.16 Å². The Labute approximate surface area is 100 Å². The van der Waals surface area contributed by atoms with Gasteiger partial charge in [0, 0.05) is 12.0 Å². The Hall–Kier alpha value is -1.35. The Morgan fingerprint density at radius 2 is 1.94 bits per heavy atom. The molecule has 2 aromatic rings. The molecule has 0 aliphatic carbocycles. The van der Waals surface area contributed by atoms with E-state index in [9.17, 15) is 0 Å². The second-order valence-corrected chi connectivity index (χ2v) is 4.60. The fourth-order valence-corrected chi connectivity index (χ4v) is 2.23. The highest BCUT2D eigenvalue weighted by molar-refractivity contribution is 7.71. The molecule has 2 rings (SSSR count). The zero-order valence-electron chi connectivity index (χ0n) is 9.49. The van der Waals surface area contributed by atoms with Gasteiger partial charge in [0.1, 0.15) is 10.4 Å². The lowest BCUT2D eigenvalue weighted by atomic mass is 10.0. The van der Waals surface area contributed by atoms with E-state index in [1.165, 1.54) is 5.56 Å². The predicted octanol–water partition coefficient (Wildman–Crippen LogP) is 4.05. The van der Waals surface area contributed by atoms with Gasteiger partial charge in [-0.05, 0) is 11.5 Å². The molecule has 84 valence electrons. The summed E-state index contributed by atoms with van der Waals surface area (Å²) in [7, 11) is 0. The highest BCUT2D eigenvalue weighted by Crippen LogP contribution is 2.23. The van der Waals surface area contributed by atoms with Crippen molar-refractivity contribution in [3.8, 4) is 0 Å². The number of nitrogens with one attached hydrogen (secondary N) is 1. The molecule has 16 heavy (non-hydrogen) atoms. The van der Waals surface area contributed by atoms with Crippen LogP contribution in [0.1, 0.15) is 36.7 Å². The molecule has 0 unspecified atom stereocenters. The Morgan fingerprint density at radius 3 is 2.56 bits per heavy atom. The number of hydrogen-bond acceptors (Lipinski definition) is 2. The SMILES string of the molecule is CC(C)c1c(Cc2ccccc2)o[nH]c1=S. The van der Waals surface area contributed by atoms with Crippen molar-refractivity contribution in [2.45, 2.75) is 26.2 Å². The summed E-state index contributed by atoms with van der Waals surface area (Å²) < 4.78 is 6.15. The molecule has 0 aliphatic rings. The number of H-pyrrole nitrogens is 1. The minimum Gasteiger partial charge on any atom is -0.385 e. The molecule has 1 N–H and O–H groups in total. The topological polar surface area (TPSA) is 28.9 Å². The number of aromatic nitrogens is 1. The van der Waals surface area contributed by atoms with Crippen molar-refractivity contribution in [1.29, 1.82) is 0 Å². The maximum absolute atomic E-state index is 5.43. The third kappa shape index (κ3) is 2.25. The zero-order chi connectivity index (χ0) is 11.5. The van der Waals surface area contributed by atoms with Crippen LogP contribution in [0.2, 0.25) is 0 Å². The van der Waals surface area contributed by atoms with Gasteiger partial charge in [-0.15, -0.1) is 0 Å².